The van der Waals surface area contributed by atoms with Crippen molar-refractivity contribution < 1.29 is 9.18 Å². The van der Waals surface area contributed by atoms with Gasteiger partial charge in [0.05, 0.1) is 0 Å². The zero-order valence-corrected chi connectivity index (χ0v) is 13.6. The van der Waals surface area contributed by atoms with Crippen LogP contribution in [0.4, 0.5) is 9.52 Å². The van der Waals surface area contributed by atoms with Gasteiger partial charge < -0.3 is 10.2 Å². The molecule has 116 valence electrons. The lowest BCUT2D eigenvalue weighted by Crippen LogP contribution is -2.32. The van der Waals surface area contributed by atoms with E-state index in [0.29, 0.717) is 12.2 Å². The van der Waals surface area contributed by atoms with Gasteiger partial charge in [-0.25, -0.2) is 9.37 Å². The highest BCUT2D eigenvalue weighted by atomic mass is 32.2. The Morgan fingerprint density at radius 3 is 2.73 bits per heavy atom. The van der Waals surface area contributed by atoms with Crippen molar-refractivity contribution in [2.45, 2.75) is 6.54 Å². The van der Waals surface area contributed by atoms with Crippen LogP contribution in [0.15, 0.2) is 29.6 Å². The summed E-state index contributed by atoms with van der Waals surface area (Å²) in [6.45, 7) is 2.33. The van der Waals surface area contributed by atoms with Gasteiger partial charge in [0.2, 0.25) is 0 Å². The second-order valence-electron chi connectivity index (χ2n) is 4.92. The first-order valence-corrected chi connectivity index (χ1v) is 9.07. The molecule has 1 aromatic heterocycles. The van der Waals surface area contributed by atoms with E-state index in [2.05, 4.69) is 15.2 Å². The van der Waals surface area contributed by atoms with E-state index in [4.69, 9.17) is 0 Å². The summed E-state index contributed by atoms with van der Waals surface area (Å²) in [5, 5.41) is 5.51. The van der Waals surface area contributed by atoms with Crippen LogP contribution in [0.2, 0.25) is 0 Å². The molecule has 0 spiro atoms. The summed E-state index contributed by atoms with van der Waals surface area (Å²) >= 11 is 3.45. The molecule has 4 nitrogen and oxygen atoms in total. The number of halogens is 1. The van der Waals surface area contributed by atoms with E-state index in [1.54, 1.807) is 17.5 Å². The number of rotatable bonds is 4. The SMILES string of the molecule is O=C(NCc1ccc(F)cc1)c1csc(N2CCSCC2)n1. The van der Waals surface area contributed by atoms with Crippen molar-refractivity contribution in [1.29, 1.82) is 0 Å². The molecule has 0 aliphatic carbocycles. The fourth-order valence-electron chi connectivity index (χ4n) is 2.14. The molecule has 22 heavy (non-hydrogen) atoms. The van der Waals surface area contributed by atoms with Gasteiger partial charge in [-0.3, -0.25) is 4.79 Å². The Morgan fingerprint density at radius 2 is 2.00 bits per heavy atom. The van der Waals surface area contributed by atoms with Crippen LogP contribution in [0.25, 0.3) is 0 Å². The summed E-state index contributed by atoms with van der Waals surface area (Å²) in [4.78, 5) is 18.8. The van der Waals surface area contributed by atoms with Gasteiger partial charge in [0.25, 0.3) is 5.91 Å². The zero-order valence-electron chi connectivity index (χ0n) is 11.9. The maximum Gasteiger partial charge on any atom is 0.271 e. The van der Waals surface area contributed by atoms with Gasteiger partial charge >= 0.3 is 0 Å². The van der Waals surface area contributed by atoms with Gasteiger partial charge in [0.15, 0.2) is 5.13 Å². The Bertz CT molecular complexity index is 638. The van der Waals surface area contributed by atoms with E-state index in [1.165, 1.54) is 23.5 Å². The van der Waals surface area contributed by atoms with Crippen LogP contribution in [-0.4, -0.2) is 35.5 Å². The molecule has 0 atom stereocenters. The van der Waals surface area contributed by atoms with Gasteiger partial charge in [0.1, 0.15) is 11.5 Å². The summed E-state index contributed by atoms with van der Waals surface area (Å²) in [5.74, 6) is 1.73. The summed E-state index contributed by atoms with van der Waals surface area (Å²) in [7, 11) is 0. The maximum atomic E-state index is 12.8. The largest absolute Gasteiger partial charge is 0.347 e. The molecule has 2 aromatic rings. The number of nitrogens with zero attached hydrogens (tertiary/aromatic N) is 2. The van der Waals surface area contributed by atoms with Crippen LogP contribution in [0.3, 0.4) is 0 Å². The van der Waals surface area contributed by atoms with Crippen LogP contribution in [0.5, 0.6) is 0 Å². The van der Waals surface area contributed by atoms with E-state index < -0.39 is 0 Å². The number of carbonyl (C=O) groups is 1. The van der Waals surface area contributed by atoms with Crippen LogP contribution >= 0.6 is 23.1 Å². The summed E-state index contributed by atoms with van der Waals surface area (Å²) in [6, 6.07) is 6.09. The van der Waals surface area contributed by atoms with Crippen LogP contribution in [0, 0.1) is 5.82 Å². The second-order valence-corrected chi connectivity index (χ2v) is 6.99. The number of hydrogen-bond acceptors (Lipinski definition) is 5. The number of carbonyl (C=O) groups excluding carboxylic acids is 1. The van der Waals surface area contributed by atoms with Gasteiger partial charge in [-0.05, 0) is 17.7 Å². The normalized spacial score (nSPS) is 14.9. The van der Waals surface area contributed by atoms with Crippen molar-refractivity contribution in [3.05, 3.63) is 46.7 Å². The van der Waals surface area contributed by atoms with Crippen LogP contribution in [-0.2, 0) is 6.54 Å². The zero-order chi connectivity index (χ0) is 15.4. The Kier molecular flexibility index (Phi) is 4.94. The van der Waals surface area contributed by atoms with Crippen molar-refractivity contribution in [3.8, 4) is 0 Å². The highest BCUT2D eigenvalue weighted by molar-refractivity contribution is 7.99. The highest BCUT2D eigenvalue weighted by Crippen LogP contribution is 2.23. The first-order valence-electron chi connectivity index (χ1n) is 7.03. The van der Waals surface area contributed by atoms with E-state index >= 15 is 0 Å². The van der Waals surface area contributed by atoms with Gasteiger partial charge in [-0.2, -0.15) is 11.8 Å². The summed E-state index contributed by atoms with van der Waals surface area (Å²) < 4.78 is 12.8. The number of anilines is 1. The Morgan fingerprint density at radius 1 is 1.27 bits per heavy atom. The minimum absolute atomic E-state index is 0.196. The fraction of sp³-hybridized carbons (Fsp3) is 0.333. The monoisotopic (exact) mass is 337 g/mol. The van der Waals surface area contributed by atoms with Crippen molar-refractivity contribution in [2.24, 2.45) is 0 Å². The number of hydrogen-bond donors (Lipinski definition) is 1. The summed E-state index contributed by atoms with van der Waals surface area (Å²) in [5.41, 5.74) is 1.30. The number of aromatic nitrogens is 1. The molecule has 1 aromatic carbocycles. The standard InChI is InChI=1S/C15H16FN3OS2/c16-12-3-1-11(2-4-12)9-17-14(20)13-10-22-15(18-13)19-5-7-21-8-6-19/h1-4,10H,5-9H2,(H,17,20). The molecule has 3 rings (SSSR count). The minimum atomic E-state index is -0.279. The molecule has 0 unspecified atom stereocenters. The molecule has 0 bridgehead atoms. The van der Waals surface area contributed by atoms with E-state index in [1.807, 2.05) is 11.8 Å². The lowest BCUT2D eigenvalue weighted by molar-refractivity contribution is 0.0946. The molecule has 1 amide bonds. The average molecular weight is 337 g/mol. The molecule has 1 aliphatic rings. The molecule has 0 saturated carbocycles. The van der Waals surface area contributed by atoms with Gasteiger partial charge in [-0.1, -0.05) is 12.1 Å². The minimum Gasteiger partial charge on any atom is -0.347 e. The number of thioether (sulfide) groups is 1. The van der Waals surface area contributed by atoms with E-state index in [-0.39, 0.29) is 11.7 Å². The molecule has 2 heterocycles. The average Bonchev–Trinajstić information content (AvgIpc) is 3.05. The van der Waals surface area contributed by atoms with Crippen LogP contribution < -0.4 is 10.2 Å². The second kappa shape index (κ2) is 7.11. The first-order chi connectivity index (χ1) is 10.7. The quantitative estimate of drug-likeness (QED) is 0.932. The van der Waals surface area contributed by atoms with Crippen molar-refractivity contribution in [1.82, 2.24) is 10.3 Å². The predicted molar refractivity (Wildman–Crippen MR) is 89.2 cm³/mol. The predicted octanol–water partition coefficient (Wildman–Crippen LogP) is 2.77. The smallest absolute Gasteiger partial charge is 0.271 e. The maximum absolute atomic E-state index is 12.8. The molecule has 0 radical (unpaired) electrons. The highest BCUT2D eigenvalue weighted by Gasteiger charge is 2.17. The third kappa shape index (κ3) is 3.78. The number of amides is 1. The fourth-order valence-corrected chi connectivity index (χ4v) is 3.91. The number of thiazole rings is 1. The number of benzene rings is 1. The molecule has 7 heteroatoms. The lowest BCUT2D eigenvalue weighted by Gasteiger charge is -2.25. The van der Waals surface area contributed by atoms with Crippen LogP contribution in [0.1, 0.15) is 16.1 Å². The molecule has 1 fully saturated rings. The third-order valence-electron chi connectivity index (χ3n) is 3.37. The lowest BCUT2D eigenvalue weighted by atomic mass is 10.2. The van der Waals surface area contributed by atoms with Crippen molar-refractivity contribution in [3.63, 3.8) is 0 Å². The van der Waals surface area contributed by atoms with Crippen molar-refractivity contribution >= 4 is 34.1 Å². The van der Waals surface area contributed by atoms with E-state index in [0.717, 1.165) is 35.3 Å². The molecule has 1 saturated heterocycles. The molecule has 1 N–H and O–H groups in total. The van der Waals surface area contributed by atoms with Gasteiger partial charge in [-0.15, -0.1) is 11.3 Å². The van der Waals surface area contributed by atoms with E-state index in [9.17, 15) is 9.18 Å². The van der Waals surface area contributed by atoms with Gasteiger partial charge in [0, 0.05) is 36.5 Å². The number of nitrogens with one attached hydrogen (secondary N) is 1. The Labute approximate surface area is 136 Å². The topological polar surface area (TPSA) is 45.2 Å². The first kappa shape index (κ1) is 15.3. The molecular formula is C15H16FN3OS2. The Hall–Kier alpha value is -1.60. The summed E-state index contributed by atoms with van der Waals surface area (Å²) in [6.07, 6.45) is 0. The molecule has 1 aliphatic heterocycles. The third-order valence-corrected chi connectivity index (χ3v) is 5.22. The van der Waals surface area contributed by atoms with Crippen molar-refractivity contribution in [2.75, 3.05) is 29.5 Å². The Balaban J connectivity index is 1.58. The molecular weight excluding hydrogens is 321 g/mol.